The molecule has 0 radical (unpaired) electrons. The van der Waals surface area contributed by atoms with Crippen LogP contribution in [0.1, 0.15) is 13.3 Å². The number of hydrogen-bond acceptors (Lipinski definition) is 4. The van der Waals surface area contributed by atoms with Gasteiger partial charge in [-0.1, -0.05) is 0 Å². The molecule has 0 heterocycles. The number of non-ortho nitro benzene ring substituents is 1. The van der Waals surface area contributed by atoms with E-state index in [0.29, 0.717) is 18.8 Å². The Morgan fingerprint density at radius 3 is 2.53 bits per heavy atom. The first-order chi connectivity index (χ1) is 7.09. The molecule has 0 aliphatic rings. The van der Waals surface area contributed by atoms with E-state index in [-0.39, 0.29) is 5.69 Å². The van der Waals surface area contributed by atoms with Crippen molar-refractivity contribution in [2.75, 3.05) is 6.61 Å². The van der Waals surface area contributed by atoms with Crippen LogP contribution in [0.5, 0.6) is 5.75 Å². The third-order valence-electron chi connectivity index (χ3n) is 1.85. The number of nitro groups is 1. The molecular formula is C10H13NO4. The first kappa shape index (κ1) is 11.5. The van der Waals surface area contributed by atoms with Crippen molar-refractivity contribution in [3.05, 3.63) is 34.4 Å². The van der Waals surface area contributed by atoms with Gasteiger partial charge in [0.15, 0.2) is 0 Å². The van der Waals surface area contributed by atoms with Crippen LogP contribution in [0.2, 0.25) is 0 Å². The zero-order chi connectivity index (χ0) is 11.3. The Balaban J connectivity index is 2.46. The number of nitrogens with zero attached hydrogens (tertiary/aromatic N) is 1. The SMILES string of the molecule is CC(O)CCOc1ccc([N+](=O)[O-])cc1. The number of nitro benzene ring substituents is 1. The highest BCUT2D eigenvalue weighted by Gasteiger charge is 2.04. The molecule has 1 atom stereocenters. The van der Waals surface area contributed by atoms with Gasteiger partial charge in [0.25, 0.3) is 5.69 Å². The molecule has 0 aliphatic heterocycles. The second-order valence-corrected chi connectivity index (χ2v) is 3.24. The lowest BCUT2D eigenvalue weighted by Gasteiger charge is -2.06. The molecule has 0 amide bonds. The zero-order valence-electron chi connectivity index (χ0n) is 8.42. The van der Waals surface area contributed by atoms with Crippen molar-refractivity contribution < 1.29 is 14.8 Å². The van der Waals surface area contributed by atoms with E-state index >= 15 is 0 Å². The number of benzene rings is 1. The van der Waals surface area contributed by atoms with Gasteiger partial charge < -0.3 is 9.84 Å². The first-order valence-corrected chi connectivity index (χ1v) is 4.65. The van der Waals surface area contributed by atoms with Crippen LogP contribution in [0.15, 0.2) is 24.3 Å². The molecule has 0 saturated carbocycles. The molecule has 0 spiro atoms. The van der Waals surface area contributed by atoms with Crippen molar-refractivity contribution in [3.63, 3.8) is 0 Å². The molecule has 15 heavy (non-hydrogen) atoms. The molecule has 1 N–H and O–H groups in total. The van der Waals surface area contributed by atoms with Gasteiger partial charge >= 0.3 is 0 Å². The van der Waals surface area contributed by atoms with E-state index in [1.807, 2.05) is 0 Å². The molecule has 1 rings (SSSR count). The molecule has 5 nitrogen and oxygen atoms in total. The Morgan fingerprint density at radius 1 is 1.47 bits per heavy atom. The molecular weight excluding hydrogens is 198 g/mol. The minimum absolute atomic E-state index is 0.0397. The van der Waals surface area contributed by atoms with Crippen molar-refractivity contribution in [2.45, 2.75) is 19.4 Å². The Hall–Kier alpha value is -1.62. The minimum Gasteiger partial charge on any atom is -0.493 e. The molecule has 0 aliphatic carbocycles. The van der Waals surface area contributed by atoms with Gasteiger partial charge in [-0.25, -0.2) is 0 Å². The highest BCUT2D eigenvalue weighted by atomic mass is 16.6. The molecule has 0 saturated heterocycles. The second kappa shape index (κ2) is 5.31. The summed E-state index contributed by atoms with van der Waals surface area (Å²) >= 11 is 0. The molecule has 0 bridgehead atoms. The number of ether oxygens (including phenoxy) is 1. The van der Waals surface area contributed by atoms with E-state index in [0.717, 1.165) is 0 Å². The first-order valence-electron chi connectivity index (χ1n) is 4.65. The largest absolute Gasteiger partial charge is 0.493 e. The highest BCUT2D eigenvalue weighted by Crippen LogP contribution is 2.17. The van der Waals surface area contributed by atoms with Gasteiger partial charge in [0, 0.05) is 18.6 Å². The second-order valence-electron chi connectivity index (χ2n) is 3.24. The van der Waals surface area contributed by atoms with Crippen LogP contribution in [0.25, 0.3) is 0 Å². The predicted octanol–water partition coefficient (Wildman–Crippen LogP) is 1.74. The van der Waals surface area contributed by atoms with Crippen molar-refractivity contribution >= 4 is 5.69 Å². The van der Waals surface area contributed by atoms with Crippen LogP contribution in [0.4, 0.5) is 5.69 Å². The summed E-state index contributed by atoms with van der Waals surface area (Å²) in [4.78, 5) is 9.89. The zero-order valence-corrected chi connectivity index (χ0v) is 8.42. The highest BCUT2D eigenvalue weighted by molar-refractivity contribution is 5.35. The van der Waals surface area contributed by atoms with Crippen LogP contribution in [0.3, 0.4) is 0 Å². The summed E-state index contributed by atoms with van der Waals surface area (Å²) < 4.78 is 5.27. The third kappa shape index (κ3) is 3.95. The fourth-order valence-electron chi connectivity index (χ4n) is 1.01. The van der Waals surface area contributed by atoms with E-state index in [4.69, 9.17) is 9.84 Å². The maximum absolute atomic E-state index is 10.3. The summed E-state index contributed by atoms with van der Waals surface area (Å²) in [6.45, 7) is 2.08. The predicted molar refractivity (Wildman–Crippen MR) is 54.9 cm³/mol. The van der Waals surface area contributed by atoms with E-state index < -0.39 is 11.0 Å². The number of hydrogen-bond donors (Lipinski definition) is 1. The Kier molecular flexibility index (Phi) is 4.05. The summed E-state index contributed by atoms with van der Waals surface area (Å²) in [5.41, 5.74) is 0.0397. The quantitative estimate of drug-likeness (QED) is 0.594. The monoisotopic (exact) mass is 211 g/mol. The lowest BCUT2D eigenvalue weighted by molar-refractivity contribution is -0.384. The average Bonchev–Trinajstić information content (AvgIpc) is 2.18. The smallest absolute Gasteiger partial charge is 0.269 e. The molecule has 0 fully saturated rings. The standard InChI is InChI=1S/C10H13NO4/c1-8(12)6-7-15-10-4-2-9(3-5-10)11(13)14/h2-5,8,12H,6-7H2,1H3. The van der Waals surface area contributed by atoms with Crippen LogP contribution in [-0.2, 0) is 0 Å². The van der Waals surface area contributed by atoms with Crippen LogP contribution in [0, 0.1) is 10.1 Å². The Bertz CT molecular complexity index is 321. The summed E-state index contributed by atoms with van der Waals surface area (Å²) in [7, 11) is 0. The summed E-state index contributed by atoms with van der Waals surface area (Å²) in [6, 6.07) is 5.86. The lowest BCUT2D eigenvalue weighted by Crippen LogP contribution is -2.07. The summed E-state index contributed by atoms with van der Waals surface area (Å²) in [5.74, 6) is 0.571. The van der Waals surface area contributed by atoms with Crippen molar-refractivity contribution in [2.24, 2.45) is 0 Å². The molecule has 1 aromatic rings. The van der Waals surface area contributed by atoms with E-state index in [1.54, 1.807) is 19.1 Å². The number of aliphatic hydroxyl groups excluding tert-OH is 1. The van der Waals surface area contributed by atoms with Gasteiger partial charge in [-0.3, -0.25) is 10.1 Å². The van der Waals surface area contributed by atoms with Crippen molar-refractivity contribution in [3.8, 4) is 5.75 Å². The van der Waals surface area contributed by atoms with Crippen molar-refractivity contribution in [1.29, 1.82) is 0 Å². The minimum atomic E-state index is -0.459. The van der Waals surface area contributed by atoms with E-state index in [9.17, 15) is 10.1 Å². The Morgan fingerprint density at radius 2 is 2.07 bits per heavy atom. The molecule has 1 unspecified atom stereocenters. The molecule has 82 valence electrons. The Labute approximate surface area is 87.5 Å². The van der Waals surface area contributed by atoms with Crippen molar-refractivity contribution in [1.82, 2.24) is 0 Å². The lowest BCUT2D eigenvalue weighted by atomic mass is 10.3. The fraction of sp³-hybridized carbons (Fsp3) is 0.400. The fourth-order valence-corrected chi connectivity index (χ4v) is 1.01. The third-order valence-corrected chi connectivity index (χ3v) is 1.85. The summed E-state index contributed by atoms with van der Waals surface area (Å²) in [5, 5.41) is 19.3. The van der Waals surface area contributed by atoms with Gasteiger partial charge in [0.1, 0.15) is 5.75 Å². The van der Waals surface area contributed by atoms with Gasteiger partial charge in [-0.05, 0) is 19.1 Å². The molecule has 5 heteroatoms. The van der Waals surface area contributed by atoms with Crippen LogP contribution in [-0.4, -0.2) is 22.7 Å². The summed E-state index contributed by atoms with van der Waals surface area (Å²) in [6.07, 6.45) is 0.139. The number of rotatable bonds is 5. The molecule has 0 aromatic heterocycles. The normalized spacial score (nSPS) is 12.1. The average molecular weight is 211 g/mol. The van der Waals surface area contributed by atoms with Gasteiger partial charge in [-0.15, -0.1) is 0 Å². The van der Waals surface area contributed by atoms with Gasteiger partial charge in [-0.2, -0.15) is 0 Å². The van der Waals surface area contributed by atoms with Gasteiger partial charge in [0.2, 0.25) is 0 Å². The topological polar surface area (TPSA) is 72.6 Å². The van der Waals surface area contributed by atoms with Crippen LogP contribution >= 0.6 is 0 Å². The molecule has 1 aromatic carbocycles. The maximum atomic E-state index is 10.3. The number of aliphatic hydroxyl groups is 1. The van der Waals surface area contributed by atoms with Gasteiger partial charge in [0.05, 0.1) is 17.6 Å². The van der Waals surface area contributed by atoms with E-state index in [1.165, 1.54) is 12.1 Å². The maximum Gasteiger partial charge on any atom is 0.269 e. The van der Waals surface area contributed by atoms with E-state index in [2.05, 4.69) is 0 Å². The van der Waals surface area contributed by atoms with Crippen LogP contribution < -0.4 is 4.74 Å².